The maximum Gasteiger partial charge on any atom is 0.490 e. The van der Waals surface area contributed by atoms with Crippen LogP contribution in [0.1, 0.15) is 5.69 Å². The molecule has 0 aliphatic rings. The average molecular weight is 183 g/mol. The van der Waals surface area contributed by atoms with Crippen LogP contribution in [0.4, 0.5) is 0 Å². The molecule has 1 rings (SSSR count). The Hall–Kier alpha value is -1.40. The summed E-state index contributed by atoms with van der Waals surface area (Å²) in [6, 6.07) is 3.36. The Morgan fingerprint density at radius 3 is 2.31 bits per heavy atom. The highest BCUT2D eigenvalue weighted by atomic mass is 16.4. The third-order valence-electron chi connectivity index (χ3n) is 1.23. The van der Waals surface area contributed by atoms with Crippen molar-refractivity contribution in [2.24, 2.45) is 0 Å². The Balaban J connectivity index is 0.000000424. The maximum absolute atomic E-state index is 8.63. The van der Waals surface area contributed by atoms with Crippen LogP contribution < -0.4 is 5.46 Å². The maximum atomic E-state index is 8.63. The second kappa shape index (κ2) is 6.16. The molecule has 1 heterocycles. The van der Waals surface area contributed by atoms with Crippen LogP contribution in [-0.2, 0) is 4.79 Å². The van der Waals surface area contributed by atoms with Crippen molar-refractivity contribution < 1.29 is 19.9 Å². The van der Waals surface area contributed by atoms with Gasteiger partial charge in [-0.3, -0.25) is 9.78 Å². The Kier molecular flexibility index (Phi) is 5.50. The summed E-state index contributed by atoms with van der Waals surface area (Å²) in [5.41, 5.74) is 1.29. The first-order valence-corrected chi connectivity index (χ1v) is 3.48. The number of aryl methyl sites for hydroxylation is 1. The third kappa shape index (κ3) is 4.94. The van der Waals surface area contributed by atoms with E-state index in [0.29, 0.717) is 5.46 Å². The molecular formula is C7H10BNO4. The Morgan fingerprint density at radius 1 is 1.46 bits per heavy atom. The number of carbonyl (C=O) groups is 1. The van der Waals surface area contributed by atoms with Crippen molar-refractivity contribution in [3.8, 4) is 0 Å². The number of hydrogen-bond donors (Lipinski definition) is 3. The highest BCUT2D eigenvalue weighted by molar-refractivity contribution is 6.58. The molecule has 0 aromatic carbocycles. The minimum atomic E-state index is -1.41. The molecule has 0 spiro atoms. The summed E-state index contributed by atoms with van der Waals surface area (Å²) < 4.78 is 0. The fourth-order valence-corrected chi connectivity index (χ4v) is 0.632. The van der Waals surface area contributed by atoms with Gasteiger partial charge in [0.2, 0.25) is 0 Å². The third-order valence-corrected chi connectivity index (χ3v) is 1.23. The minimum absolute atomic E-state index is 0.250. The predicted molar refractivity (Wildman–Crippen MR) is 47.5 cm³/mol. The van der Waals surface area contributed by atoms with Gasteiger partial charge in [-0.25, -0.2) is 0 Å². The molecule has 5 nitrogen and oxygen atoms in total. The van der Waals surface area contributed by atoms with Crippen LogP contribution in [-0.4, -0.2) is 33.7 Å². The molecule has 0 saturated carbocycles. The first kappa shape index (κ1) is 11.6. The molecule has 0 unspecified atom stereocenters. The van der Waals surface area contributed by atoms with E-state index in [9.17, 15) is 0 Å². The molecule has 0 aliphatic carbocycles. The molecule has 0 atom stereocenters. The van der Waals surface area contributed by atoms with Gasteiger partial charge in [0, 0.05) is 17.4 Å². The zero-order valence-electron chi connectivity index (χ0n) is 7.08. The van der Waals surface area contributed by atoms with Crippen LogP contribution >= 0.6 is 0 Å². The van der Waals surface area contributed by atoms with Crippen molar-refractivity contribution in [2.75, 3.05) is 0 Å². The number of hydrogen-bond acceptors (Lipinski definition) is 4. The van der Waals surface area contributed by atoms with Gasteiger partial charge in [-0.1, -0.05) is 6.07 Å². The van der Waals surface area contributed by atoms with E-state index in [2.05, 4.69) is 4.98 Å². The molecule has 1 aromatic heterocycles. The van der Waals surface area contributed by atoms with E-state index in [1.54, 1.807) is 12.1 Å². The van der Waals surface area contributed by atoms with E-state index >= 15 is 0 Å². The fraction of sp³-hybridized carbons (Fsp3) is 0.143. The summed E-state index contributed by atoms with van der Waals surface area (Å²) in [4.78, 5) is 12.2. The van der Waals surface area contributed by atoms with Crippen molar-refractivity contribution in [3.63, 3.8) is 0 Å². The van der Waals surface area contributed by atoms with Gasteiger partial charge in [-0.15, -0.1) is 0 Å². The van der Waals surface area contributed by atoms with Crippen molar-refractivity contribution in [3.05, 3.63) is 24.0 Å². The van der Waals surface area contributed by atoms with Gasteiger partial charge in [0.15, 0.2) is 0 Å². The lowest BCUT2D eigenvalue weighted by Crippen LogP contribution is -2.29. The van der Waals surface area contributed by atoms with Gasteiger partial charge in [-0.2, -0.15) is 0 Å². The van der Waals surface area contributed by atoms with E-state index in [-0.39, 0.29) is 6.47 Å². The van der Waals surface area contributed by atoms with Crippen LogP contribution in [0.15, 0.2) is 18.3 Å². The van der Waals surface area contributed by atoms with Gasteiger partial charge in [0.1, 0.15) is 0 Å². The molecule has 0 saturated heterocycles. The van der Waals surface area contributed by atoms with Crippen molar-refractivity contribution in [1.82, 2.24) is 4.98 Å². The molecule has 0 amide bonds. The number of carboxylic acid groups (broad SMARTS) is 1. The highest BCUT2D eigenvalue weighted by Gasteiger charge is 2.09. The molecular weight excluding hydrogens is 173 g/mol. The quantitative estimate of drug-likeness (QED) is 0.374. The first-order valence-electron chi connectivity index (χ1n) is 3.48. The first-order chi connectivity index (χ1) is 6.11. The summed E-state index contributed by atoms with van der Waals surface area (Å²) in [5.74, 6) is 0. The van der Waals surface area contributed by atoms with E-state index in [1.165, 1.54) is 6.20 Å². The number of nitrogens with zero attached hydrogens (tertiary/aromatic N) is 1. The predicted octanol–water partition coefficient (Wildman–Crippen LogP) is -1.23. The van der Waals surface area contributed by atoms with Crippen LogP contribution in [0.5, 0.6) is 0 Å². The van der Waals surface area contributed by atoms with Crippen LogP contribution in [0, 0.1) is 6.92 Å². The summed E-state index contributed by atoms with van der Waals surface area (Å²) >= 11 is 0. The second-order valence-corrected chi connectivity index (χ2v) is 2.21. The van der Waals surface area contributed by atoms with Crippen molar-refractivity contribution in [1.29, 1.82) is 0 Å². The van der Waals surface area contributed by atoms with Gasteiger partial charge < -0.3 is 15.2 Å². The monoisotopic (exact) mass is 183 g/mol. The molecule has 0 fully saturated rings. The topological polar surface area (TPSA) is 90.7 Å². The van der Waals surface area contributed by atoms with E-state index in [0.717, 1.165) is 5.69 Å². The highest BCUT2D eigenvalue weighted by Crippen LogP contribution is 1.86. The second-order valence-electron chi connectivity index (χ2n) is 2.21. The number of pyridine rings is 1. The van der Waals surface area contributed by atoms with Gasteiger partial charge in [-0.05, 0) is 13.0 Å². The summed E-state index contributed by atoms with van der Waals surface area (Å²) in [7, 11) is -1.41. The average Bonchev–Trinajstić information content (AvgIpc) is 2.06. The number of aromatic nitrogens is 1. The Labute approximate surface area is 75.8 Å². The minimum Gasteiger partial charge on any atom is -0.483 e. The molecule has 0 radical (unpaired) electrons. The largest absolute Gasteiger partial charge is 0.490 e. The Bertz CT molecular complexity index is 249. The zero-order valence-corrected chi connectivity index (χ0v) is 7.08. The van der Waals surface area contributed by atoms with Crippen molar-refractivity contribution >= 4 is 19.1 Å². The zero-order chi connectivity index (χ0) is 10.3. The van der Waals surface area contributed by atoms with E-state index in [4.69, 9.17) is 19.9 Å². The Morgan fingerprint density at radius 2 is 2.00 bits per heavy atom. The molecule has 6 heteroatoms. The normalized spacial score (nSPS) is 8.23. The molecule has 0 bridgehead atoms. The van der Waals surface area contributed by atoms with E-state index < -0.39 is 7.12 Å². The molecule has 13 heavy (non-hydrogen) atoms. The summed E-state index contributed by atoms with van der Waals surface area (Å²) in [6.45, 7) is 1.59. The smallest absolute Gasteiger partial charge is 0.483 e. The fourth-order valence-electron chi connectivity index (χ4n) is 0.632. The van der Waals surface area contributed by atoms with Gasteiger partial charge in [0.25, 0.3) is 6.47 Å². The molecule has 0 aliphatic heterocycles. The summed E-state index contributed by atoms with van der Waals surface area (Å²) in [6.07, 6.45) is 1.44. The van der Waals surface area contributed by atoms with Crippen LogP contribution in [0.2, 0.25) is 0 Å². The lowest BCUT2D eigenvalue weighted by molar-refractivity contribution is -0.122. The molecule has 70 valence electrons. The standard InChI is InChI=1S/C6H8BNO2.CH2O2/c1-5-2-3-6(4-8-5)7(9)10;2-1-3/h2-4,9-10H,1H3;1H,(H,2,3). The molecule has 1 aromatic rings. The van der Waals surface area contributed by atoms with Crippen LogP contribution in [0.3, 0.4) is 0 Å². The van der Waals surface area contributed by atoms with Gasteiger partial charge in [0.05, 0.1) is 0 Å². The van der Waals surface area contributed by atoms with Crippen molar-refractivity contribution in [2.45, 2.75) is 6.92 Å². The SMILES string of the molecule is Cc1ccc(B(O)O)cn1.O=CO. The van der Waals surface area contributed by atoms with E-state index in [1.807, 2.05) is 6.92 Å². The van der Waals surface area contributed by atoms with Crippen LogP contribution in [0.25, 0.3) is 0 Å². The lowest BCUT2D eigenvalue weighted by atomic mass is 9.82. The lowest BCUT2D eigenvalue weighted by Gasteiger charge is -1.96. The number of rotatable bonds is 1. The summed E-state index contributed by atoms with van der Waals surface area (Å²) in [5, 5.41) is 24.1. The van der Waals surface area contributed by atoms with Gasteiger partial charge >= 0.3 is 7.12 Å². The molecule has 3 N–H and O–H groups in total.